The van der Waals surface area contributed by atoms with Gasteiger partial charge in [-0.05, 0) is 43.5 Å². The number of hydrogen-bond donors (Lipinski definition) is 2. The summed E-state index contributed by atoms with van der Waals surface area (Å²) < 4.78 is 0.918. The van der Waals surface area contributed by atoms with Gasteiger partial charge in [-0.25, -0.2) is 0 Å². The quantitative estimate of drug-likeness (QED) is 0.752. The zero-order valence-corrected chi connectivity index (χ0v) is 14.3. The molecule has 1 amide bonds. The zero-order valence-electron chi connectivity index (χ0n) is 11.8. The summed E-state index contributed by atoms with van der Waals surface area (Å²) >= 11 is 7.71. The van der Waals surface area contributed by atoms with Crippen molar-refractivity contribution >= 4 is 34.5 Å². The molecule has 4 heteroatoms. The molecule has 2 aromatic rings. The number of nitrogens with one attached hydrogen (secondary N) is 1. The molecule has 21 heavy (non-hydrogen) atoms. The Morgan fingerprint density at radius 1 is 1.24 bits per heavy atom. The number of thiol groups is 1. The van der Waals surface area contributed by atoms with E-state index in [9.17, 15) is 4.79 Å². The molecule has 0 bridgehead atoms. The molecule has 0 heterocycles. The molecule has 0 aliphatic rings. The van der Waals surface area contributed by atoms with Gasteiger partial charge in [0, 0.05) is 15.4 Å². The van der Waals surface area contributed by atoms with E-state index in [0.717, 1.165) is 17.3 Å². The van der Waals surface area contributed by atoms with Crippen LogP contribution in [-0.4, -0.2) is 11.9 Å². The number of aryl methyl sites for hydroxylation is 1. The zero-order chi connectivity index (χ0) is 15.2. The molecule has 0 fully saturated rings. The van der Waals surface area contributed by atoms with E-state index < -0.39 is 0 Å². The molecule has 0 aromatic heterocycles. The van der Waals surface area contributed by atoms with Crippen LogP contribution in [0.2, 0.25) is 0 Å². The number of rotatable bonds is 5. The molecule has 1 N–H and O–H groups in total. The number of halogens is 1. The molecule has 0 saturated carbocycles. The van der Waals surface area contributed by atoms with Crippen molar-refractivity contribution in [1.82, 2.24) is 5.32 Å². The third kappa shape index (κ3) is 4.90. The van der Waals surface area contributed by atoms with Gasteiger partial charge in [0.1, 0.15) is 0 Å². The van der Waals surface area contributed by atoms with E-state index >= 15 is 0 Å². The number of carbonyl (C=O) groups is 1. The smallest absolute Gasteiger partial charge is 0.252 e. The summed E-state index contributed by atoms with van der Waals surface area (Å²) in [5, 5.41) is 3.02. The molecule has 0 radical (unpaired) electrons. The maximum Gasteiger partial charge on any atom is 0.252 e. The van der Waals surface area contributed by atoms with Crippen LogP contribution < -0.4 is 5.32 Å². The molecule has 2 aromatic carbocycles. The number of benzene rings is 2. The van der Waals surface area contributed by atoms with Gasteiger partial charge in [0.15, 0.2) is 0 Å². The Bertz CT molecular complexity index is 615. The van der Waals surface area contributed by atoms with E-state index in [-0.39, 0.29) is 11.9 Å². The Morgan fingerprint density at radius 3 is 2.62 bits per heavy atom. The van der Waals surface area contributed by atoms with Crippen molar-refractivity contribution in [3.8, 4) is 0 Å². The van der Waals surface area contributed by atoms with E-state index in [1.165, 1.54) is 5.56 Å². The summed E-state index contributed by atoms with van der Waals surface area (Å²) in [5.74, 6) is -0.0759. The fourth-order valence-corrected chi connectivity index (χ4v) is 2.95. The molecule has 0 saturated heterocycles. The van der Waals surface area contributed by atoms with Crippen molar-refractivity contribution in [2.45, 2.75) is 30.7 Å². The molecule has 2 nitrogen and oxygen atoms in total. The van der Waals surface area contributed by atoms with E-state index in [1.54, 1.807) is 6.07 Å². The normalized spacial score (nSPS) is 12.0. The highest BCUT2D eigenvalue weighted by Gasteiger charge is 2.12. The fraction of sp³-hybridized carbons (Fsp3) is 0.235. The first kappa shape index (κ1) is 16.1. The predicted octanol–water partition coefficient (Wildman–Crippen LogP) is 4.49. The van der Waals surface area contributed by atoms with Crippen molar-refractivity contribution in [2.75, 3.05) is 0 Å². The predicted molar refractivity (Wildman–Crippen MR) is 93.1 cm³/mol. The average Bonchev–Trinajstić information content (AvgIpc) is 2.46. The molecule has 1 atom stereocenters. The molecular formula is C17H18BrNOS. The Balaban J connectivity index is 1.90. The van der Waals surface area contributed by atoms with Crippen molar-refractivity contribution in [3.63, 3.8) is 0 Å². The largest absolute Gasteiger partial charge is 0.350 e. The summed E-state index contributed by atoms with van der Waals surface area (Å²) in [4.78, 5) is 12.9. The van der Waals surface area contributed by atoms with Crippen molar-refractivity contribution < 1.29 is 4.79 Å². The molecule has 2 rings (SSSR count). The molecule has 1 unspecified atom stereocenters. The molecule has 0 aliphatic heterocycles. The van der Waals surface area contributed by atoms with Crippen LogP contribution in [0.5, 0.6) is 0 Å². The maximum atomic E-state index is 12.2. The standard InChI is InChI=1S/C17H18BrNOS/c1-12(7-8-13-5-3-2-4-6-13)19-17(20)15-10-9-14(18)11-16(15)21/h2-6,9-12,21H,7-8H2,1H3,(H,19,20). The summed E-state index contributed by atoms with van der Waals surface area (Å²) in [5.41, 5.74) is 1.89. The van der Waals surface area contributed by atoms with Crippen LogP contribution in [0.4, 0.5) is 0 Å². The van der Waals surface area contributed by atoms with Gasteiger partial charge < -0.3 is 5.32 Å². The third-order valence-electron chi connectivity index (χ3n) is 3.29. The second-order valence-electron chi connectivity index (χ2n) is 5.06. The average molecular weight is 364 g/mol. The van der Waals surface area contributed by atoms with Crippen LogP contribution in [0.25, 0.3) is 0 Å². The Kier molecular flexibility index (Phi) is 5.88. The van der Waals surface area contributed by atoms with E-state index in [2.05, 4.69) is 46.0 Å². The van der Waals surface area contributed by atoms with E-state index in [0.29, 0.717) is 10.5 Å². The minimum absolute atomic E-state index is 0.0759. The molecule has 0 spiro atoms. The first-order valence-electron chi connectivity index (χ1n) is 6.89. The maximum absolute atomic E-state index is 12.2. The van der Waals surface area contributed by atoms with Gasteiger partial charge in [0.05, 0.1) is 5.56 Å². The topological polar surface area (TPSA) is 29.1 Å². The first-order chi connectivity index (χ1) is 10.1. The van der Waals surface area contributed by atoms with Crippen LogP contribution >= 0.6 is 28.6 Å². The minimum atomic E-state index is -0.0759. The molecule has 110 valence electrons. The van der Waals surface area contributed by atoms with Gasteiger partial charge in [-0.15, -0.1) is 12.6 Å². The van der Waals surface area contributed by atoms with Gasteiger partial charge in [-0.3, -0.25) is 4.79 Å². The lowest BCUT2D eigenvalue weighted by Crippen LogP contribution is -2.33. The number of carbonyl (C=O) groups excluding carboxylic acids is 1. The monoisotopic (exact) mass is 363 g/mol. The third-order valence-corrected chi connectivity index (χ3v) is 4.15. The lowest BCUT2D eigenvalue weighted by atomic mass is 10.1. The lowest BCUT2D eigenvalue weighted by Gasteiger charge is -2.15. The number of hydrogen-bond acceptors (Lipinski definition) is 2. The first-order valence-corrected chi connectivity index (χ1v) is 8.13. The van der Waals surface area contributed by atoms with E-state index in [1.807, 2.05) is 37.3 Å². The van der Waals surface area contributed by atoms with Crippen LogP contribution in [-0.2, 0) is 6.42 Å². The minimum Gasteiger partial charge on any atom is -0.350 e. The highest BCUT2D eigenvalue weighted by molar-refractivity contribution is 9.10. The Morgan fingerprint density at radius 2 is 1.95 bits per heavy atom. The van der Waals surface area contributed by atoms with Crippen LogP contribution in [0.3, 0.4) is 0 Å². The van der Waals surface area contributed by atoms with Crippen molar-refractivity contribution in [1.29, 1.82) is 0 Å². The van der Waals surface area contributed by atoms with Crippen molar-refractivity contribution in [3.05, 3.63) is 64.1 Å². The highest BCUT2D eigenvalue weighted by atomic mass is 79.9. The Hall–Kier alpha value is -1.26. The highest BCUT2D eigenvalue weighted by Crippen LogP contribution is 2.20. The fourth-order valence-electron chi connectivity index (χ4n) is 2.10. The molecular weight excluding hydrogens is 346 g/mol. The van der Waals surface area contributed by atoms with Gasteiger partial charge >= 0.3 is 0 Å². The van der Waals surface area contributed by atoms with Crippen LogP contribution in [0, 0.1) is 0 Å². The summed E-state index contributed by atoms with van der Waals surface area (Å²) in [7, 11) is 0. The van der Waals surface area contributed by atoms with E-state index in [4.69, 9.17) is 0 Å². The Labute approximate surface area is 139 Å². The summed E-state index contributed by atoms with van der Waals surface area (Å²) in [6.45, 7) is 2.03. The summed E-state index contributed by atoms with van der Waals surface area (Å²) in [6.07, 6.45) is 1.87. The van der Waals surface area contributed by atoms with Crippen LogP contribution in [0.15, 0.2) is 57.9 Å². The SMILES string of the molecule is CC(CCc1ccccc1)NC(=O)c1ccc(Br)cc1S. The summed E-state index contributed by atoms with van der Waals surface area (Å²) in [6, 6.07) is 15.9. The van der Waals surface area contributed by atoms with Gasteiger partial charge in [-0.2, -0.15) is 0 Å². The van der Waals surface area contributed by atoms with Crippen LogP contribution in [0.1, 0.15) is 29.3 Å². The second-order valence-corrected chi connectivity index (χ2v) is 6.46. The number of amides is 1. The molecule has 0 aliphatic carbocycles. The van der Waals surface area contributed by atoms with Gasteiger partial charge in [-0.1, -0.05) is 46.3 Å². The lowest BCUT2D eigenvalue weighted by molar-refractivity contribution is 0.0935. The van der Waals surface area contributed by atoms with Gasteiger partial charge in [0.25, 0.3) is 5.91 Å². The second kappa shape index (κ2) is 7.66. The van der Waals surface area contributed by atoms with Crippen molar-refractivity contribution in [2.24, 2.45) is 0 Å². The van der Waals surface area contributed by atoms with Gasteiger partial charge in [0.2, 0.25) is 0 Å².